The maximum absolute atomic E-state index is 13.7. The van der Waals surface area contributed by atoms with Crippen molar-refractivity contribution in [2.75, 3.05) is 16.7 Å². The van der Waals surface area contributed by atoms with Crippen molar-refractivity contribution >= 4 is 27.3 Å². The molecule has 0 bridgehead atoms. The van der Waals surface area contributed by atoms with Gasteiger partial charge in [0.25, 0.3) is 15.9 Å². The van der Waals surface area contributed by atoms with Crippen LogP contribution in [-0.4, -0.2) is 21.4 Å². The van der Waals surface area contributed by atoms with Gasteiger partial charge in [0.2, 0.25) is 0 Å². The number of carbonyl (C=O) groups excluding carboxylic acids is 1. The molecule has 3 rings (SSSR count). The van der Waals surface area contributed by atoms with Gasteiger partial charge in [-0.2, -0.15) is 0 Å². The Morgan fingerprint density at radius 1 is 0.964 bits per heavy atom. The van der Waals surface area contributed by atoms with Crippen molar-refractivity contribution in [1.29, 1.82) is 0 Å². The number of para-hydroxylation sites is 1. The minimum absolute atomic E-state index is 0.0124. The Morgan fingerprint density at radius 2 is 1.68 bits per heavy atom. The van der Waals surface area contributed by atoms with Gasteiger partial charge in [0.05, 0.1) is 10.6 Å². The number of sulfonamides is 1. The van der Waals surface area contributed by atoms with Crippen LogP contribution in [0.5, 0.6) is 0 Å². The predicted octanol–water partition coefficient (Wildman–Crippen LogP) is 4.21. The molecule has 0 spiro atoms. The van der Waals surface area contributed by atoms with Gasteiger partial charge in [-0.15, -0.1) is 0 Å². The Hall–Kier alpha value is -3.19. The molecule has 0 radical (unpaired) electrons. The molecule has 0 fully saturated rings. The molecule has 0 aromatic heterocycles. The Morgan fingerprint density at radius 3 is 2.36 bits per heavy atom. The van der Waals surface area contributed by atoms with Crippen LogP contribution < -0.4 is 9.62 Å². The third-order valence-electron chi connectivity index (χ3n) is 4.30. The van der Waals surface area contributed by atoms with Gasteiger partial charge in [0.15, 0.2) is 0 Å². The largest absolute Gasteiger partial charge is 0.322 e. The second-order valence-electron chi connectivity index (χ2n) is 6.25. The van der Waals surface area contributed by atoms with Gasteiger partial charge in [-0.3, -0.25) is 9.10 Å². The van der Waals surface area contributed by atoms with Gasteiger partial charge in [-0.25, -0.2) is 12.8 Å². The molecule has 7 heteroatoms. The van der Waals surface area contributed by atoms with Crippen LogP contribution in [0.2, 0.25) is 0 Å². The van der Waals surface area contributed by atoms with Crippen LogP contribution in [0.15, 0.2) is 77.7 Å². The quantitative estimate of drug-likeness (QED) is 0.700. The van der Waals surface area contributed by atoms with E-state index in [1.165, 1.54) is 37.4 Å². The predicted molar refractivity (Wildman–Crippen MR) is 108 cm³/mol. The van der Waals surface area contributed by atoms with Crippen molar-refractivity contribution in [3.63, 3.8) is 0 Å². The Bertz CT molecular complexity index is 1120. The van der Waals surface area contributed by atoms with Gasteiger partial charge >= 0.3 is 0 Å². The first-order chi connectivity index (χ1) is 13.3. The molecule has 0 heterocycles. The summed E-state index contributed by atoms with van der Waals surface area (Å²) in [6.45, 7) is 1.62. The Labute approximate surface area is 163 Å². The van der Waals surface area contributed by atoms with Gasteiger partial charge in [0, 0.05) is 18.3 Å². The number of anilines is 2. The van der Waals surface area contributed by atoms with E-state index in [9.17, 15) is 17.6 Å². The number of halogens is 1. The number of hydrogen-bond donors (Lipinski definition) is 1. The lowest BCUT2D eigenvalue weighted by atomic mass is 10.2. The smallest absolute Gasteiger partial charge is 0.264 e. The van der Waals surface area contributed by atoms with Crippen LogP contribution in [0, 0.1) is 12.7 Å². The van der Waals surface area contributed by atoms with Crippen molar-refractivity contribution in [3.8, 4) is 0 Å². The minimum atomic E-state index is -3.84. The van der Waals surface area contributed by atoms with E-state index in [2.05, 4.69) is 5.32 Å². The van der Waals surface area contributed by atoms with Crippen LogP contribution in [-0.2, 0) is 10.0 Å². The van der Waals surface area contributed by atoms with E-state index < -0.39 is 21.7 Å². The van der Waals surface area contributed by atoms with Crippen LogP contribution in [0.25, 0.3) is 0 Å². The molecule has 0 unspecified atom stereocenters. The number of nitrogens with one attached hydrogen (secondary N) is 1. The zero-order valence-electron chi connectivity index (χ0n) is 15.4. The second-order valence-corrected chi connectivity index (χ2v) is 8.22. The van der Waals surface area contributed by atoms with Gasteiger partial charge in [-0.1, -0.05) is 30.3 Å². The summed E-state index contributed by atoms with van der Waals surface area (Å²) >= 11 is 0. The summed E-state index contributed by atoms with van der Waals surface area (Å²) in [6.07, 6.45) is 0. The molecular formula is C21H19FN2O3S. The summed E-state index contributed by atoms with van der Waals surface area (Å²) in [5.74, 6) is -0.957. The molecule has 3 aromatic rings. The average Bonchev–Trinajstić information content (AvgIpc) is 2.71. The third-order valence-corrected chi connectivity index (χ3v) is 6.09. The van der Waals surface area contributed by atoms with Crippen molar-refractivity contribution in [3.05, 3.63) is 89.7 Å². The number of rotatable bonds is 5. The van der Waals surface area contributed by atoms with Crippen LogP contribution in [0.4, 0.5) is 15.8 Å². The molecule has 0 aliphatic rings. The maximum atomic E-state index is 13.7. The highest BCUT2D eigenvalue weighted by molar-refractivity contribution is 7.92. The summed E-state index contributed by atoms with van der Waals surface area (Å²) in [5.41, 5.74) is 1.42. The Balaban J connectivity index is 1.87. The molecule has 1 amide bonds. The summed E-state index contributed by atoms with van der Waals surface area (Å²) in [4.78, 5) is 12.5. The van der Waals surface area contributed by atoms with Crippen molar-refractivity contribution in [2.45, 2.75) is 11.8 Å². The van der Waals surface area contributed by atoms with E-state index in [-0.39, 0.29) is 10.5 Å². The molecule has 28 heavy (non-hydrogen) atoms. The average molecular weight is 398 g/mol. The molecule has 144 valence electrons. The van der Waals surface area contributed by atoms with E-state index in [1.807, 2.05) is 0 Å². The molecule has 0 aliphatic heterocycles. The highest BCUT2D eigenvalue weighted by atomic mass is 32.2. The SMILES string of the molecule is Cc1ccc(NC(=O)c2cccc(S(=O)(=O)N(C)c3ccccc3)c2)cc1F. The zero-order valence-corrected chi connectivity index (χ0v) is 16.2. The topological polar surface area (TPSA) is 66.5 Å². The summed E-state index contributed by atoms with van der Waals surface area (Å²) in [5, 5.41) is 2.58. The lowest BCUT2D eigenvalue weighted by Gasteiger charge is -2.19. The molecule has 1 N–H and O–H groups in total. The number of benzene rings is 3. The highest BCUT2D eigenvalue weighted by Gasteiger charge is 2.22. The number of hydrogen-bond acceptors (Lipinski definition) is 3. The molecule has 0 saturated carbocycles. The fourth-order valence-electron chi connectivity index (χ4n) is 2.61. The number of aryl methyl sites for hydroxylation is 1. The minimum Gasteiger partial charge on any atom is -0.322 e. The lowest BCUT2D eigenvalue weighted by Crippen LogP contribution is -2.26. The monoisotopic (exact) mass is 398 g/mol. The first kappa shape index (κ1) is 19.6. The molecular weight excluding hydrogens is 379 g/mol. The summed E-state index contributed by atoms with van der Waals surface area (Å²) < 4.78 is 40.6. The van der Waals surface area contributed by atoms with Crippen molar-refractivity contribution < 1.29 is 17.6 Å². The fourth-order valence-corrected chi connectivity index (χ4v) is 3.85. The maximum Gasteiger partial charge on any atom is 0.264 e. The fraction of sp³-hybridized carbons (Fsp3) is 0.0952. The van der Waals surface area contributed by atoms with Crippen LogP contribution in [0.3, 0.4) is 0 Å². The molecule has 0 atom stereocenters. The standard InChI is InChI=1S/C21H19FN2O3S/c1-15-11-12-17(14-20(15)22)23-21(25)16-7-6-10-19(13-16)28(26,27)24(2)18-8-4-3-5-9-18/h3-14H,1-2H3,(H,23,25). The number of carbonyl (C=O) groups is 1. The van der Waals surface area contributed by atoms with Gasteiger partial charge in [0.1, 0.15) is 5.82 Å². The molecule has 3 aromatic carbocycles. The van der Waals surface area contributed by atoms with Crippen LogP contribution in [0.1, 0.15) is 15.9 Å². The van der Waals surface area contributed by atoms with Gasteiger partial charge < -0.3 is 5.32 Å². The highest BCUT2D eigenvalue weighted by Crippen LogP contribution is 2.23. The molecule has 0 saturated heterocycles. The Kier molecular flexibility index (Phi) is 5.46. The van der Waals surface area contributed by atoms with Gasteiger partial charge in [-0.05, 0) is 55.0 Å². The van der Waals surface area contributed by atoms with Crippen molar-refractivity contribution in [2.24, 2.45) is 0 Å². The van der Waals surface area contributed by atoms with E-state index in [0.29, 0.717) is 16.9 Å². The van der Waals surface area contributed by atoms with E-state index in [4.69, 9.17) is 0 Å². The summed E-state index contributed by atoms with van der Waals surface area (Å²) in [7, 11) is -2.39. The third kappa shape index (κ3) is 4.04. The second kappa shape index (κ2) is 7.82. The number of nitrogens with zero attached hydrogens (tertiary/aromatic N) is 1. The van der Waals surface area contributed by atoms with Crippen molar-refractivity contribution in [1.82, 2.24) is 0 Å². The number of amides is 1. The zero-order chi connectivity index (χ0) is 20.3. The first-order valence-electron chi connectivity index (χ1n) is 8.50. The summed E-state index contributed by atoms with van der Waals surface area (Å²) in [6, 6.07) is 18.7. The lowest BCUT2D eigenvalue weighted by molar-refractivity contribution is 0.102. The molecule has 0 aliphatic carbocycles. The van der Waals surface area contributed by atoms with Crippen LogP contribution >= 0.6 is 0 Å². The van der Waals surface area contributed by atoms with E-state index in [0.717, 1.165) is 4.31 Å². The molecule has 5 nitrogen and oxygen atoms in total. The first-order valence-corrected chi connectivity index (χ1v) is 9.94. The normalized spacial score (nSPS) is 11.1. The van der Waals surface area contributed by atoms with E-state index in [1.54, 1.807) is 49.4 Å². The van der Waals surface area contributed by atoms with E-state index >= 15 is 0 Å².